The van der Waals surface area contributed by atoms with Gasteiger partial charge >= 0.3 is 5.97 Å². The molecule has 0 amide bonds. The van der Waals surface area contributed by atoms with E-state index in [0.29, 0.717) is 24.0 Å². The Morgan fingerprint density at radius 1 is 1.15 bits per heavy atom. The lowest BCUT2D eigenvalue weighted by Gasteiger charge is -2.06. The smallest absolute Gasteiger partial charge is 0.379 e. The summed E-state index contributed by atoms with van der Waals surface area (Å²) in [5, 5.41) is 0. The lowest BCUT2D eigenvalue weighted by atomic mass is 10.0. The average molecular weight is 274 g/mol. The molecule has 1 heterocycles. The highest BCUT2D eigenvalue weighted by Gasteiger charge is 2.13. The summed E-state index contributed by atoms with van der Waals surface area (Å²) < 4.78 is 15.5. The standard InChI is InChI=1S/C16H18O4/c1-11(2)12-4-6-13(7-5-12)20-16(17)15-9-8-14(19-15)10-18-3/h4-9,11H,10H2,1-3H3. The van der Waals surface area contributed by atoms with Crippen molar-refractivity contribution in [3.8, 4) is 5.75 Å². The van der Waals surface area contributed by atoms with E-state index in [4.69, 9.17) is 13.9 Å². The van der Waals surface area contributed by atoms with Gasteiger partial charge in [0.05, 0.1) is 0 Å². The molecule has 4 heteroatoms. The van der Waals surface area contributed by atoms with E-state index in [9.17, 15) is 4.79 Å². The molecule has 20 heavy (non-hydrogen) atoms. The van der Waals surface area contributed by atoms with Crippen LogP contribution in [0.2, 0.25) is 0 Å². The van der Waals surface area contributed by atoms with Crippen LogP contribution in [0.1, 0.15) is 41.6 Å². The molecule has 0 unspecified atom stereocenters. The highest BCUT2D eigenvalue weighted by molar-refractivity contribution is 5.88. The fraction of sp³-hybridized carbons (Fsp3) is 0.312. The highest BCUT2D eigenvalue weighted by atomic mass is 16.5. The van der Waals surface area contributed by atoms with E-state index in [1.165, 1.54) is 5.56 Å². The van der Waals surface area contributed by atoms with Gasteiger partial charge in [0.15, 0.2) is 0 Å². The Labute approximate surface area is 118 Å². The number of ether oxygens (including phenoxy) is 2. The molecule has 0 saturated heterocycles. The summed E-state index contributed by atoms with van der Waals surface area (Å²) in [6, 6.07) is 10.7. The zero-order chi connectivity index (χ0) is 14.5. The van der Waals surface area contributed by atoms with Crippen LogP contribution in [-0.2, 0) is 11.3 Å². The van der Waals surface area contributed by atoms with Gasteiger partial charge in [-0.05, 0) is 35.7 Å². The van der Waals surface area contributed by atoms with Crippen molar-refractivity contribution in [1.82, 2.24) is 0 Å². The number of benzene rings is 1. The summed E-state index contributed by atoms with van der Waals surface area (Å²) >= 11 is 0. The van der Waals surface area contributed by atoms with E-state index >= 15 is 0 Å². The fourth-order valence-corrected chi connectivity index (χ4v) is 1.79. The van der Waals surface area contributed by atoms with Gasteiger partial charge in [0, 0.05) is 7.11 Å². The minimum absolute atomic E-state index is 0.171. The number of carbonyl (C=O) groups is 1. The Balaban J connectivity index is 2.03. The zero-order valence-electron chi connectivity index (χ0n) is 11.9. The molecule has 0 saturated carbocycles. The molecular weight excluding hydrogens is 256 g/mol. The minimum atomic E-state index is -0.510. The monoisotopic (exact) mass is 274 g/mol. The van der Waals surface area contributed by atoms with Crippen molar-refractivity contribution < 1.29 is 18.7 Å². The van der Waals surface area contributed by atoms with Gasteiger partial charge in [-0.25, -0.2) is 4.79 Å². The Hall–Kier alpha value is -2.07. The average Bonchev–Trinajstić information content (AvgIpc) is 2.88. The Kier molecular flexibility index (Phi) is 4.58. The second kappa shape index (κ2) is 6.39. The van der Waals surface area contributed by atoms with Crippen LogP contribution in [0.15, 0.2) is 40.8 Å². The summed E-state index contributed by atoms with van der Waals surface area (Å²) in [4.78, 5) is 11.9. The van der Waals surface area contributed by atoms with Crippen molar-refractivity contribution in [3.63, 3.8) is 0 Å². The van der Waals surface area contributed by atoms with Crippen LogP contribution in [0.3, 0.4) is 0 Å². The zero-order valence-corrected chi connectivity index (χ0v) is 11.9. The van der Waals surface area contributed by atoms with Gasteiger partial charge in [-0.15, -0.1) is 0 Å². The van der Waals surface area contributed by atoms with Crippen LogP contribution in [-0.4, -0.2) is 13.1 Å². The molecule has 0 bridgehead atoms. The van der Waals surface area contributed by atoms with E-state index in [0.717, 1.165) is 0 Å². The molecule has 0 aliphatic carbocycles. The first-order chi connectivity index (χ1) is 9.60. The van der Waals surface area contributed by atoms with Crippen LogP contribution in [0.5, 0.6) is 5.75 Å². The molecule has 0 aliphatic heterocycles. The quantitative estimate of drug-likeness (QED) is 0.615. The second-order valence-corrected chi connectivity index (χ2v) is 4.81. The first-order valence-electron chi connectivity index (χ1n) is 6.50. The maximum Gasteiger partial charge on any atom is 0.379 e. The van der Waals surface area contributed by atoms with Crippen LogP contribution in [0.25, 0.3) is 0 Å². The molecule has 2 rings (SSSR count). The van der Waals surface area contributed by atoms with Crippen molar-refractivity contribution in [1.29, 1.82) is 0 Å². The summed E-state index contributed by atoms with van der Waals surface area (Å²) in [7, 11) is 1.57. The highest BCUT2D eigenvalue weighted by Crippen LogP contribution is 2.20. The first kappa shape index (κ1) is 14.3. The molecule has 0 atom stereocenters. The summed E-state index contributed by atoms with van der Waals surface area (Å²) in [5.41, 5.74) is 1.20. The number of hydrogen-bond acceptors (Lipinski definition) is 4. The van der Waals surface area contributed by atoms with E-state index < -0.39 is 5.97 Å². The molecule has 0 fully saturated rings. The molecule has 0 N–H and O–H groups in total. The van der Waals surface area contributed by atoms with E-state index in [2.05, 4.69) is 13.8 Å². The maximum absolute atomic E-state index is 11.9. The van der Waals surface area contributed by atoms with E-state index in [-0.39, 0.29) is 5.76 Å². The van der Waals surface area contributed by atoms with Gasteiger partial charge < -0.3 is 13.9 Å². The molecule has 0 radical (unpaired) electrons. The second-order valence-electron chi connectivity index (χ2n) is 4.81. The number of hydrogen-bond donors (Lipinski definition) is 0. The summed E-state index contributed by atoms with van der Waals surface area (Å²) in [6.45, 7) is 4.55. The number of carbonyl (C=O) groups excluding carboxylic acids is 1. The van der Waals surface area contributed by atoms with Gasteiger partial charge in [0.2, 0.25) is 5.76 Å². The largest absolute Gasteiger partial charge is 0.452 e. The molecule has 106 valence electrons. The third kappa shape index (κ3) is 3.48. The van der Waals surface area contributed by atoms with Crippen LogP contribution < -0.4 is 4.74 Å². The van der Waals surface area contributed by atoms with Gasteiger partial charge in [-0.1, -0.05) is 26.0 Å². The van der Waals surface area contributed by atoms with Crippen molar-refractivity contribution >= 4 is 5.97 Å². The molecule has 0 spiro atoms. The van der Waals surface area contributed by atoms with Gasteiger partial charge in [-0.3, -0.25) is 0 Å². The van der Waals surface area contributed by atoms with Crippen LogP contribution in [0.4, 0.5) is 0 Å². The predicted octanol–water partition coefficient (Wildman–Crippen LogP) is 3.77. The Bertz CT molecular complexity index is 566. The molecule has 1 aromatic carbocycles. The number of esters is 1. The fourth-order valence-electron chi connectivity index (χ4n) is 1.79. The summed E-state index contributed by atoms with van der Waals surface area (Å²) in [6.07, 6.45) is 0. The number of methoxy groups -OCH3 is 1. The van der Waals surface area contributed by atoms with Crippen LogP contribution >= 0.6 is 0 Å². The number of furan rings is 1. The van der Waals surface area contributed by atoms with Crippen molar-refractivity contribution in [2.45, 2.75) is 26.4 Å². The topological polar surface area (TPSA) is 48.7 Å². The molecule has 1 aromatic heterocycles. The van der Waals surface area contributed by atoms with Crippen molar-refractivity contribution in [2.24, 2.45) is 0 Å². The van der Waals surface area contributed by atoms with E-state index in [1.807, 2.05) is 12.1 Å². The molecular formula is C16H18O4. The third-order valence-corrected chi connectivity index (χ3v) is 2.91. The third-order valence-electron chi connectivity index (χ3n) is 2.91. The van der Waals surface area contributed by atoms with Crippen molar-refractivity contribution in [2.75, 3.05) is 7.11 Å². The Morgan fingerprint density at radius 3 is 2.45 bits per heavy atom. The lowest BCUT2D eigenvalue weighted by Crippen LogP contribution is -2.07. The van der Waals surface area contributed by atoms with E-state index in [1.54, 1.807) is 31.4 Å². The lowest BCUT2D eigenvalue weighted by molar-refractivity contribution is 0.0693. The minimum Gasteiger partial charge on any atom is -0.452 e. The molecule has 4 nitrogen and oxygen atoms in total. The maximum atomic E-state index is 11.9. The van der Waals surface area contributed by atoms with Gasteiger partial charge in [-0.2, -0.15) is 0 Å². The van der Waals surface area contributed by atoms with Crippen LogP contribution in [0, 0.1) is 0 Å². The van der Waals surface area contributed by atoms with Crippen molar-refractivity contribution in [3.05, 3.63) is 53.5 Å². The first-order valence-corrected chi connectivity index (χ1v) is 6.50. The normalized spacial score (nSPS) is 10.8. The number of rotatable bonds is 5. The van der Waals surface area contributed by atoms with Gasteiger partial charge in [0.1, 0.15) is 18.1 Å². The predicted molar refractivity (Wildman–Crippen MR) is 74.9 cm³/mol. The Morgan fingerprint density at radius 2 is 1.85 bits per heavy atom. The molecule has 0 aliphatic rings. The summed E-state index contributed by atoms with van der Waals surface area (Å²) in [5.74, 6) is 1.20. The van der Waals surface area contributed by atoms with Gasteiger partial charge in [0.25, 0.3) is 0 Å². The molecule has 2 aromatic rings. The SMILES string of the molecule is COCc1ccc(C(=O)Oc2ccc(C(C)C)cc2)o1.